The average Bonchev–Trinajstić information content (AvgIpc) is 2.61. The van der Waals surface area contributed by atoms with Gasteiger partial charge in [0.25, 0.3) is 0 Å². The summed E-state index contributed by atoms with van der Waals surface area (Å²) in [6, 6.07) is 10.4. The lowest BCUT2D eigenvalue weighted by Crippen LogP contribution is -2.17. The minimum Gasteiger partial charge on any atom is -0.490 e. The summed E-state index contributed by atoms with van der Waals surface area (Å²) in [6.45, 7) is 7.67. The van der Waals surface area contributed by atoms with E-state index >= 15 is 0 Å². The lowest BCUT2D eigenvalue weighted by molar-refractivity contribution is 0.224. The summed E-state index contributed by atoms with van der Waals surface area (Å²) in [6.07, 6.45) is 0.757. The summed E-state index contributed by atoms with van der Waals surface area (Å²) in [5, 5.41) is 8.98. The van der Waals surface area contributed by atoms with Gasteiger partial charge in [-0.1, -0.05) is 23.7 Å². The van der Waals surface area contributed by atoms with Crippen LogP contribution in [0.1, 0.15) is 31.9 Å². The number of halogens is 1. The first-order valence-electron chi connectivity index (χ1n) is 9.15. The molecule has 2 aromatic rings. The van der Waals surface area contributed by atoms with Gasteiger partial charge in [-0.05, 0) is 69.1 Å². The Hall–Kier alpha value is -1.80. The van der Waals surface area contributed by atoms with E-state index in [0.717, 1.165) is 24.1 Å². The monoisotopic (exact) mass is 426 g/mol. The molecule has 2 aromatic carbocycles. The normalized spacial score (nSPS) is 11.6. The Morgan fingerprint density at radius 1 is 1.14 bits per heavy atom. The fourth-order valence-electron chi connectivity index (χ4n) is 2.65. The van der Waals surface area contributed by atoms with E-state index in [0.29, 0.717) is 29.7 Å². The second kappa shape index (κ2) is 10.1. The molecule has 0 bridgehead atoms. The zero-order chi connectivity index (χ0) is 20.7. The number of hydrogen-bond acceptors (Lipinski definition) is 5. The minimum absolute atomic E-state index is 0.00123. The number of ether oxygens (including phenoxy) is 2. The SMILES string of the molecule is CCOc1cc(CNCCc2ccc(S(N)(=O)=O)cc2)cc(Cl)c1OC(C)C. The van der Waals surface area contributed by atoms with Gasteiger partial charge in [0, 0.05) is 6.54 Å². The van der Waals surface area contributed by atoms with Crippen LogP contribution in [0, 0.1) is 0 Å². The maximum Gasteiger partial charge on any atom is 0.238 e. The molecule has 154 valence electrons. The molecule has 8 heteroatoms. The van der Waals surface area contributed by atoms with Gasteiger partial charge in [-0.2, -0.15) is 0 Å². The van der Waals surface area contributed by atoms with Crippen LogP contribution in [-0.2, 0) is 23.0 Å². The lowest BCUT2D eigenvalue weighted by atomic mass is 10.1. The van der Waals surface area contributed by atoms with Gasteiger partial charge in [-0.3, -0.25) is 0 Å². The summed E-state index contributed by atoms with van der Waals surface area (Å²) in [5.41, 5.74) is 2.02. The number of primary sulfonamides is 1. The molecule has 0 saturated carbocycles. The van der Waals surface area contributed by atoms with Crippen LogP contribution in [0.4, 0.5) is 0 Å². The Morgan fingerprint density at radius 3 is 2.39 bits per heavy atom. The van der Waals surface area contributed by atoms with Crippen molar-refractivity contribution < 1.29 is 17.9 Å². The van der Waals surface area contributed by atoms with E-state index in [-0.39, 0.29) is 11.0 Å². The van der Waals surface area contributed by atoms with Crippen LogP contribution in [0.25, 0.3) is 0 Å². The zero-order valence-electron chi connectivity index (χ0n) is 16.4. The molecule has 3 N–H and O–H groups in total. The fraction of sp³-hybridized carbons (Fsp3) is 0.400. The van der Waals surface area contributed by atoms with Gasteiger partial charge in [0.15, 0.2) is 11.5 Å². The van der Waals surface area contributed by atoms with Gasteiger partial charge in [-0.25, -0.2) is 13.6 Å². The first kappa shape index (κ1) is 22.5. The maximum atomic E-state index is 11.3. The highest BCUT2D eigenvalue weighted by atomic mass is 35.5. The molecule has 28 heavy (non-hydrogen) atoms. The molecular weight excluding hydrogens is 400 g/mol. The predicted molar refractivity (Wildman–Crippen MR) is 112 cm³/mol. The summed E-state index contributed by atoms with van der Waals surface area (Å²) < 4.78 is 34.0. The molecule has 0 fully saturated rings. The topological polar surface area (TPSA) is 90.6 Å². The smallest absolute Gasteiger partial charge is 0.238 e. The third kappa shape index (κ3) is 6.67. The quantitative estimate of drug-likeness (QED) is 0.567. The third-order valence-electron chi connectivity index (χ3n) is 3.89. The molecule has 0 aromatic heterocycles. The zero-order valence-corrected chi connectivity index (χ0v) is 17.9. The van der Waals surface area contributed by atoms with Crippen molar-refractivity contribution in [2.75, 3.05) is 13.2 Å². The predicted octanol–water partition coefficient (Wildman–Crippen LogP) is 3.51. The van der Waals surface area contributed by atoms with Crippen molar-refractivity contribution in [1.29, 1.82) is 0 Å². The number of nitrogens with two attached hydrogens (primary N) is 1. The number of benzene rings is 2. The summed E-state index contributed by atoms with van der Waals surface area (Å²) in [5.74, 6) is 1.20. The molecule has 0 amide bonds. The Kier molecular flexibility index (Phi) is 8.12. The largest absolute Gasteiger partial charge is 0.490 e. The number of rotatable bonds is 10. The van der Waals surface area contributed by atoms with Crippen LogP contribution in [0.5, 0.6) is 11.5 Å². The lowest BCUT2D eigenvalue weighted by Gasteiger charge is -2.17. The molecule has 0 heterocycles. The third-order valence-corrected chi connectivity index (χ3v) is 5.10. The molecule has 0 aliphatic carbocycles. The van der Waals surface area contributed by atoms with Crippen LogP contribution >= 0.6 is 11.6 Å². The highest BCUT2D eigenvalue weighted by Crippen LogP contribution is 2.37. The maximum absolute atomic E-state index is 11.3. The number of nitrogens with one attached hydrogen (secondary N) is 1. The Labute approximate surface area is 172 Å². The van der Waals surface area contributed by atoms with E-state index in [4.69, 9.17) is 26.2 Å². The number of sulfonamides is 1. The van der Waals surface area contributed by atoms with Crippen LogP contribution in [0.2, 0.25) is 5.02 Å². The van der Waals surface area contributed by atoms with Gasteiger partial charge >= 0.3 is 0 Å². The van der Waals surface area contributed by atoms with E-state index in [9.17, 15) is 8.42 Å². The van der Waals surface area contributed by atoms with Crippen molar-refractivity contribution in [3.05, 3.63) is 52.5 Å². The molecule has 6 nitrogen and oxygen atoms in total. The highest BCUT2D eigenvalue weighted by molar-refractivity contribution is 7.89. The standard InChI is InChI=1S/C20H27ClN2O4S/c1-4-26-19-12-16(11-18(21)20(19)27-14(2)3)13-23-10-9-15-5-7-17(8-6-15)28(22,24)25/h5-8,11-12,14,23H,4,9-10,13H2,1-3H3,(H2,22,24,25). The van der Waals surface area contributed by atoms with Gasteiger partial charge in [0.2, 0.25) is 10.0 Å². The molecule has 0 atom stereocenters. The van der Waals surface area contributed by atoms with E-state index in [1.165, 1.54) is 12.1 Å². The van der Waals surface area contributed by atoms with Crippen LogP contribution in [0.15, 0.2) is 41.3 Å². The van der Waals surface area contributed by atoms with Gasteiger partial charge in [0.1, 0.15) is 0 Å². The molecule has 2 rings (SSSR count). The van der Waals surface area contributed by atoms with E-state index in [1.54, 1.807) is 12.1 Å². The molecule has 0 aliphatic rings. The number of hydrogen-bond donors (Lipinski definition) is 2. The molecule has 0 unspecified atom stereocenters. The second-order valence-corrected chi connectivity index (χ2v) is 8.59. The van der Waals surface area contributed by atoms with Crippen molar-refractivity contribution in [3.63, 3.8) is 0 Å². The Balaban J connectivity index is 1.95. The van der Waals surface area contributed by atoms with Crippen LogP contribution in [-0.4, -0.2) is 27.7 Å². The van der Waals surface area contributed by atoms with Crippen molar-refractivity contribution in [2.45, 2.75) is 44.7 Å². The van der Waals surface area contributed by atoms with E-state index in [2.05, 4.69) is 5.32 Å². The first-order chi connectivity index (χ1) is 13.2. The second-order valence-electron chi connectivity index (χ2n) is 6.62. The average molecular weight is 427 g/mol. The van der Waals surface area contributed by atoms with Crippen molar-refractivity contribution in [3.8, 4) is 11.5 Å². The van der Waals surface area contributed by atoms with Crippen molar-refractivity contribution in [1.82, 2.24) is 5.32 Å². The molecule has 0 aliphatic heterocycles. The van der Waals surface area contributed by atoms with Gasteiger partial charge in [0.05, 0.1) is 22.6 Å². The summed E-state index contributed by atoms with van der Waals surface area (Å²) in [7, 11) is -3.66. The Bertz CT molecular complexity index is 884. The van der Waals surface area contributed by atoms with Crippen LogP contribution in [0.3, 0.4) is 0 Å². The molecule has 0 radical (unpaired) electrons. The Morgan fingerprint density at radius 2 is 1.82 bits per heavy atom. The van der Waals surface area contributed by atoms with E-state index < -0.39 is 10.0 Å². The first-order valence-corrected chi connectivity index (χ1v) is 11.1. The summed E-state index contributed by atoms with van der Waals surface area (Å²) >= 11 is 6.38. The van der Waals surface area contributed by atoms with Gasteiger partial charge < -0.3 is 14.8 Å². The van der Waals surface area contributed by atoms with Crippen LogP contribution < -0.4 is 19.9 Å². The highest BCUT2D eigenvalue weighted by Gasteiger charge is 2.14. The summed E-state index contributed by atoms with van der Waals surface area (Å²) in [4.78, 5) is 0.117. The molecular formula is C20H27ClN2O4S. The van der Waals surface area contributed by atoms with E-state index in [1.807, 2.05) is 32.9 Å². The minimum atomic E-state index is -3.66. The van der Waals surface area contributed by atoms with Crippen molar-refractivity contribution >= 4 is 21.6 Å². The van der Waals surface area contributed by atoms with Gasteiger partial charge in [-0.15, -0.1) is 0 Å². The fourth-order valence-corrected chi connectivity index (χ4v) is 3.44. The molecule has 0 saturated heterocycles. The van der Waals surface area contributed by atoms with Crippen molar-refractivity contribution in [2.24, 2.45) is 5.14 Å². The molecule has 0 spiro atoms.